The van der Waals surface area contributed by atoms with Crippen LogP contribution >= 0.6 is 0 Å². The highest BCUT2D eigenvalue weighted by Crippen LogP contribution is 2.20. The Labute approximate surface area is 81.3 Å². The van der Waals surface area contributed by atoms with Crippen LogP contribution in [-0.4, -0.2) is 18.5 Å². The first kappa shape index (κ1) is 9.15. The maximum Gasteiger partial charge on any atom is 0.228 e. The van der Waals surface area contributed by atoms with Crippen LogP contribution in [0.2, 0.25) is 0 Å². The van der Waals surface area contributed by atoms with Crippen molar-refractivity contribution in [1.82, 2.24) is 0 Å². The Bertz CT molecular complexity index is 350. The summed E-state index contributed by atoms with van der Waals surface area (Å²) in [5, 5.41) is 0. The zero-order valence-corrected chi connectivity index (χ0v) is 7.61. The Morgan fingerprint density at radius 2 is 2.00 bits per heavy atom. The molecule has 3 nitrogen and oxygen atoms in total. The fourth-order valence-electron chi connectivity index (χ4n) is 1.61. The largest absolute Gasteiger partial charge is 0.326 e. The van der Waals surface area contributed by atoms with Crippen molar-refractivity contribution < 1.29 is 9.18 Å². The average molecular weight is 194 g/mol. The highest BCUT2D eigenvalue weighted by Gasteiger charge is 2.27. The van der Waals surface area contributed by atoms with Crippen LogP contribution in [0.3, 0.4) is 0 Å². The van der Waals surface area contributed by atoms with Crippen LogP contribution < -0.4 is 10.6 Å². The molecule has 0 spiro atoms. The molecular formula is C10H11FN2O. The van der Waals surface area contributed by atoms with E-state index in [1.807, 2.05) is 0 Å². The number of anilines is 1. The van der Waals surface area contributed by atoms with Crippen molar-refractivity contribution in [2.45, 2.75) is 12.5 Å². The van der Waals surface area contributed by atoms with E-state index >= 15 is 0 Å². The van der Waals surface area contributed by atoms with Gasteiger partial charge in [-0.25, -0.2) is 4.39 Å². The molecule has 1 fully saturated rings. The van der Waals surface area contributed by atoms with Gasteiger partial charge in [0.05, 0.1) is 0 Å². The Balaban J connectivity index is 2.23. The number of benzene rings is 1. The molecule has 0 saturated carbocycles. The van der Waals surface area contributed by atoms with Gasteiger partial charge in [0.25, 0.3) is 0 Å². The van der Waals surface area contributed by atoms with Gasteiger partial charge in [0.15, 0.2) is 0 Å². The second-order valence-corrected chi connectivity index (χ2v) is 3.44. The second kappa shape index (κ2) is 3.38. The van der Waals surface area contributed by atoms with E-state index in [0.717, 1.165) is 0 Å². The third kappa shape index (κ3) is 1.61. The number of hydrogen-bond donors (Lipinski definition) is 1. The lowest BCUT2D eigenvalue weighted by molar-refractivity contribution is -0.117. The van der Waals surface area contributed by atoms with Gasteiger partial charge in [-0.3, -0.25) is 4.79 Å². The van der Waals surface area contributed by atoms with E-state index in [0.29, 0.717) is 18.7 Å². The molecular weight excluding hydrogens is 183 g/mol. The van der Waals surface area contributed by atoms with E-state index in [4.69, 9.17) is 5.73 Å². The van der Waals surface area contributed by atoms with E-state index in [1.54, 1.807) is 17.0 Å². The maximum absolute atomic E-state index is 12.6. The molecule has 1 aromatic rings. The second-order valence-electron chi connectivity index (χ2n) is 3.44. The lowest BCUT2D eigenvalue weighted by Crippen LogP contribution is -2.27. The third-order valence-corrected chi connectivity index (χ3v) is 2.29. The Kier molecular flexibility index (Phi) is 2.21. The highest BCUT2D eigenvalue weighted by molar-refractivity contribution is 5.96. The Morgan fingerprint density at radius 3 is 2.50 bits per heavy atom. The quantitative estimate of drug-likeness (QED) is 0.721. The minimum absolute atomic E-state index is 0.00380. The fourth-order valence-corrected chi connectivity index (χ4v) is 1.61. The van der Waals surface area contributed by atoms with Gasteiger partial charge in [-0.15, -0.1) is 0 Å². The molecule has 2 rings (SSSR count). The zero-order valence-electron chi connectivity index (χ0n) is 7.61. The summed E-state index contributed by atoms with van der Waals surface area (Å²) in [6.45, 7) is 0.518. The van der Waals surface area contributed by atoms with Crippen LogP contribution in [0.5, 0.6) is 0 Å². The number of carbonyl (C=O) groups is 1. The van der Waals surface area contributed by atoms with Crippen molar-refractivity contribution in [3.63, 3.8) is 0 Å². The molecule has 1 aliphatic rings. The minimum atomic E-state index is -0.301. The monoisotopic (exact) mass is 194 g/mol. The minimum Gasteiger partial charge on any atom is -0.326 e. The molecule has 0 bridgehead atoms. The van der Waals surface area contributed by atoms with Crippen LogP contribution in [0.4, 0.5) is 10.1 Å². The van der Waals surface area contributed by atoms with Crippen molar-refractivity contribution in [2.24, 2.45) is 5.73 Å². The van der Waals surface area contributed by atoms with Crippen LogP contribution in [0.15, 0.2) is 24.3 Å². The summed E-state index contributed by atoms with van der Waals surface area (Å²) in [7, 11) is 0. The van der Waals surface area contributed by atoms with Gasteiger partial charge in [0.1, 0.15) is 5.82 Å². The summed E-state index contributed by atoms with van der Waals surface area (Å²) in [4.78, 5) is 13.0. The summed E-state index contributed by atoms with van der Waals surface area (Å²) >= 11 is 0. The van der Waals surface area contributed by atoms with Crippen molar-refractivity contribution in [1.29, 1.82) is 0 Å². The third-order valence-electron chi connectivity index (χ3n) is 2.29. The fraction of sp³-hybridized carbons (Fsp3) is 0.300. The Morgan fingerprint density at radius 1 is 1.36 bits per heavy atom. The lowest BCUT2D eigenvalue weighted by atomic mass is 10.3. The van der Waals surface area contributed by atoms with Crippen molar-refractivity contribution >= 4 is 11.6 Å². The van der Waals surface area contributed by atoms with Crippen LogP contribution in [0, 0.1) is 5.82 Å². The highest BCUT2D eigenvalue weighted by atomic mass is 19.1. The molecule has 0 radical (unpaired) electrons. The van der Waals surface area contributed by atoms with Gasteiger partial charge in [0.2, 0.25) is 5.91 Å². The van der Waals surface area contributed by atoms with E-state index in [9.17, 15) is 9.18 Å². The molecule has 1 unspecified atom stereocenters. The number of halogens is 1. The topological polar surface area (TPSA) is 46.3 Å². The summed E-state index contributed by atoms with van der Waals surface area (Å²) in [6, 6.07) is 5.75. The SMILES string of the molecule is NC1CC(=O)N(c2ccc(F)cc2)C1. The van der Waals surface area contributed by atoms with Gasteiger partial charge in [0, 0.05) is 24.7 Å². The van der Waals surface area contributed by atoms with Crippen LogP contribution in [-0.2, 0) is 4.79 Å². The lowest BCUT2D eigenvalue weighted by Gasteiger charge is -2.15. The molecule has 0 aliphatic carbocycles. The molecule has 0 aromatic heterocycles. The average Bonchev–Trinajstić information content (AvgIpc) is 2.47. The van der Waals surface area contributed by atoms with Gasteiger partial charge < -0.3 is 10.6 Å². The number of nitrogens with two attached hydrogens (primary N) is 1. The van der Waals surface area contributed by atoms with Crippen LogP contribution in [0.1, 0.15) is 6.42 Å². The first-order valence-corrected chi connectivity index (χ1v) is 4.48. The molecule has 1 aliphatic heterocycles. The first-order valence-electron chi connectivity index (χ1n) is 4.48. The van der Waals surface area contributed by atoms with Crippen molar-refractivity contribution in [2.75, 3.05) is 11.4 Å². The number of carbonyl (C=O) groups excluding carboxylic acids is 1. The smallest absolute Gasteiger partial charge is 0.228 e. The summed E-state index contributed by atoms with van der Waals surface area (Å²) in [5.41, 5.74) is 6.36. The van der Waals surface area contributed by atoms with E-state index < -0.39 is 0 Å². The van der Waals surface area contributed by atoms with Gasteiger partial charge in [-0.05, 0) is 24.3 Å². The van der Waals surface area contributed by atoms with Crippen LogP contribution in [0.25, 0.3) is 0 Å². The van der Waals surface area contributed by atoms with Crippen molar-refractivity contribution in [3.8, 4) is 0 Å². The van der Waals surface area contributed by atoms with Crippen molar-refractivity contribution in [3.05, 3.63) is 30.1 Å². The summed E-state index contributed by atoms with van der Waals surface area (Å²) in [6.07, 6.45) is 0.372. The number of amides is 1. The molecule has 1 aromatic carbocycles. The predicted octanol–water partition coefficient (Wildman–Crippen LogP) is 0.890. The standard InChI is InChI=1S/C10H11FN2O/c11-7-1-3-9(4-2-7)13-6-8(12)5-10(13)14/h1-4,8H,5-6,12H2. The molecule has 74 valence electrons. The van der Waals surface area contributed by atoms with Gasteiger partial charge >= 0.3 is 0 Å². The van der Waals surface area contributed by atoms with E-state index in [1.165, 1.54) is 12.1 Å². The number of rotatable bonds is 1. The van der Waals surface area contributed by atoms with Gasteiger partial charge in [-0.1, -0.05) is 0 Å². The van der Waals surface area contributed by atoms with E-state index in [2.05, 4.69) is 0 Å². The normalized spacial score (nSPS) is 21.7. The molecule has 4 heteroatoms. The molecule has 1 amide bonds. The van der Waals surface area contributed by atoms with Gasteiger partial charge in [-0.2, -0.15) is 0 Å². The predicted molar refractivity (Wildman–Crippen MR) is 51.3 cm³/mol. The van der Waals surface area contributed by atoms with E-state index in [-0.39, 0.29) is 17.8 Å². The zero-order chi connectivity index (χ0) is 10.1. The molecule has 1 saturated heterocycles. The Hall–Kier alpha value is -1.42. The molecule has 14 heavy (non-hydrogen) atoms. The molecule has 1 heterocycles. The number of hydrogen-bond acceptors (Lipinski definition) is 2. The summed E-state index contributed by atoms with van der Waals surface area (Å²) < 4.78 is 12.6. The number of nitrogens with zero attached hydrogens (tertiary/aromatic N) is 1. The first-order chi connectivity index (χ1) is 6.66. The molecule has 2 N–H and O–H groups in total. The maximum atomic E-state index is 12.6. The molecule has 1 atom stereocenters. The summed E-state index contributed by atoms with van der Waals surface area (Å²) in [5.74, 6) is -0.297.